The van der Waals surface area contributed by atoms with Gasteiger partial charge in [0.05, 0.1) is 12.1 Å². The van der Waals surface area contributed by atoms with Crippen LogP contribution in [0, 0.1) is 5.41 Å². The van der Waals surface area contributed by atoms with Gasteiger partial charge >= 0.3 is 16.6 Å². The topological polar surface area (TPSA) is 87.0 Å². The summed E-state index contributed by atoms with van der Waals surface area (Å²) in [5, 5.41) is 9.15. The van der Waals surface area contributed by atoms with Crippen LogP contribution in [-0.2, 0) is 10.5 Å². The second-order valence-corrected chi connectivity index (χ2v) is 5.96. The standard InChI is InChI=1S/C10H18N2O4S/c1-10(2,3)8-7(11-17(15)16)5-4-6-12(8)9(13)14/h7-8H,4-6H2,1-3H3,(H,13,14). The first-order valence-corrected chi connectivity index (χ1v) is 6.56. The Morgan fingerprint density at radius 1 is 1.41 bits per heavy atom. The van der Waals surface area contributed by atoms with Gasteiger partial charge in [-0.15, -0.1) is 0 Å². The van der Waals surface area contributed by atoms with Gasteiger partial charge in [-0.25, -0.2) is 4.79 Å². The Hall–Kier alpha value is -1.11. The van der Waals surface area contributed by atoms with Gasteiger partial charge in [0, 0.05) is 6.54 Å². The molecule has 1 N–H and O–H groups in total. The summed E-state index contributed by atoms with van der Waals surface area (Å²) in [6.45, 7) is 6.13. The molecule has 1 rings (SSSR count). The average Bonchev–Trinajstić information content (AvgIpc) is 2.14. The third-order valence-electron chi connectivity index (χ3n) is 2.95. The summed E-state index contributed by atoms with van der Waals surface area (Å²) in [5.74, 6) is 0. The lowest BCUT2D eigenvalue weighted by Crippen LogP contribution is -2.56. The van der Waals surface area contributed by atoms with Gasteiger partial charge in [-0.2, -0.15) is 12.8 Å². The fraction of sp³-hybridized carbons (Fsp3) is 0.900. The molecule has 1 fully saturated rings. The fourth-order valence-corrected chi connectivity index (χ4v) is 2.90. The van der Waals surface area contributed by atoms with Gasteiger partial charge in [-0.05, 0) is 18.3 Å². The van der Waals surface area contributed by atoms with Crippen LogP contribution in [-0.4, -0.2) is 43.1 Å². The molecule has 0 bridgehead atoms. The van der Waals surface area contributed by atoms with Gasteiger partial charge in [0.15, 0.2) is 0 Å². The number of rotatable bonds is 1. The number of carbonyl (C=O) groups is 1. The van der Waals surface area contributed by atoms with Crippen LogP contribution in [0.2, 0.25) is 0 Å². The highest BCUT2D eigenvalue weighted by molar-refractivity contribution is 7.61. The van der Waals surface area contributed by atoms with E-state index in [1.165, 1.54) is 4.90 Å². The van der Waals surface area contributed by atoms with Crippen LogP contribution >= 0.6 is 0 Å². The zero-order chi connectivity index (χ0) is 13.2. The van der Waals surface area contributed by atoms with E-state index in [2.05, 4.69) is 4.36 Å². The summed E-state index contributed by atoms with van der Waals surface area (Å²) < 4.78 is 25.0. The minimum Gasteiger partial charge on any atom is -0.465 e. The van der Waals surface area contributed by atoms with E-state index in [4.69, 9.17) is 5.11 Å². The Labute approximate surface area is 102 Å². The molecule has 0 aromatic heterocycles. The lowest BCUT2D eigenvalue weighted by molar-refractivity contribution is 0.0483. The minimum atomic E-state index is -2.49. The van der Waals surface area contributed by atoms with Crippen molar-refractivity contribution in [3.63, 3.8) is 0 Å². The molecule has 6 nitrogen and oxygen atoms in total. The maximum atomic E-state index is 11.2. The Morgan fingerprint density at radius 2 is 2.00 bits per heavy atom. The summed E-state index contributed by atoms with van der Waals surface area (Å²) in [6.07, 6.45) is 0.241. The quantitative estimate of drug-likeness (QED) is 0.777. The summed E-state index contributed by atoms with van der Waals surface area (Å²) in [5.41, 5.74) is -0.341. The molecule has 1 aliphatic rings. The molecule has 2 atom stereocenters. The summed E-state index contributed by atoms with van der Waals surface area (Å²) in [4.78, 5) is 12.5. The van der Waals surface area contributed by atoms with Crippen LogP contribution < -0.4 is 0 Å². The van der Waals surface area contributed by atoms with E-state index in [9.17, 15) is 13.2 Å². The van der Waals surface area contributed by atoms with Crippen molar-refractivity contribution < 1.29 is 18.3 Å². The Balaban J connectivity index is 3.12. The highest BCUT2D eigenvalue weighted by Crippen LogP contribution is 2.33. The number of piperidine rings is 1. The SMILES string of the molecule is CC(C)(C)C1C(N=S(=O)=O)CCCN1C(=O)O. The first-order chi connectivity index (χ1) is 7.73. The number of hydrogen-bond donors (Lipinski definition) is 1. The van der Waals surface area contributed by atoms with Crippen molar-refractivity contribution in [2.45, 2.75) is 45.7 Å². The molecule has 1 aliphatic heterocycles. The van der Waals surface area contributed by atoms with Gasteiger partial charge < -0.3 is 10.0 Å². The van der Waals surface area contributed by atoms with Crippen molar-refractivity contribution in [2.24, 2.45) is 9.78 Å². The fourth-order valence-electron chi connectivity index (χ4n) is 2.46. The van der Waals surface area contributed by atoms with Crippen molar-refractivity contribution in [3.05, 3.63) is 0 Å². The van der Waals surface area contributed by atoms with E-state index in [0.29, 0.717) is 19.4 Å². The summed E-state index contributed by atoms with van der Waals surface area (Å²) in [6, 6.07) is -0.871. The molecule has 0 spiro atoms. The normalized spacial score (nSPS) is 25.5. The van der Waals surface area contributed by atoms with E-state index in [1.807, 2.05) is 20.8 Å². The number of nitrogens with zero attached hydrogens (tertiary/aromatic N) is 2. The zero-order valence-electron chi connectivity index (χ0n) is 10.3. The van der Waals surface area contributed by atoms with Gasteiger partial charge in [0.1, 0.15) is 0 Å². The number of likely N-dealkylation sites (tertiary alicyclic amines) is 1. The molecule has 7 heteroatoms. The highest BCUT2D eigenvalue weighted by Gasteiger charge is 2.42. The maximum Gasteiger partial charge on any atom is 0.407 e. The van der Waals surface area contributed by atoms with E-state index >= 15 is 0 Å². The van der Waals surface area contributed by atoms with Crippen LogP contribution in [0.5, 0.6) is 0 Å². The Kier molecular flexibility index (Phi) is 4.13. The zero-order valence-corrected chi connectivity index (χ0v) is 11.1. The summed E-state index contributed by atoms with van der Waals surface area (Å²) in [7, 11) is -2.49. The van der Waals surface area contributed by atoms with Gasteiger partial charge in [0.25, 0.3) is 0 Å². The van der Waals surface area contributed by atoms with Gasteiger partial charge in [-0.1, -0.05) is 20.8 Å². The van der Waals surface area contributed by atoms with E-state index in [0.717, 1.165) is 0 Å². The molecule has 1 amide bonds. The average molecular weight is 262 g/mol. The highest BCUT2D eigenvalue weighted by atomic mass is 32.2. The lowest BCUT2D eigenvalue weighted by atomic mass is 9.78. The van der Waals surface area contributed by atoms with Crippen molar-refractivity contribution in [3.8, 4) is 0 Å². The Bertz CT molecular complexity index is 416. The van der Waals surface area contributed by atoms with Gasteiger partial charge in [0.2, 0.25) is 0 Å². The molecule has 17 heavy (non-hydrogen) atoms. The molecule has 0 aromatic carbocycles. The van der Waals surface area contributed by atoms with E-state index in [-0.39, 0.29) is 5.41 Å². The predicted molar refractivity (Wildman–Crippen MR) is 62.3 cm³/mol. The molecule has 98 valence electrons. The van der Waals surface area contributed by atoms with Crippen molar-refractivity contribution >= 4 is 16.6 Å². The molecule has 0 aromatic rings. The minimum absolute atomic E-state index is 0.341. The van der Waals surface area contributed by atoms with Gasteiger partial charge in [-0.3, -0.25) is 0 Å². The molecule has 0 saturated carbocycles. The van der Waals surface area contributed by atoms with Crippen LogP contribution in [0.1, 0.15) is 33.6 Å². The van der Waals surface area contributed by atoms with E-state index < -0.39 is 28.7 Å². The first kappa shape index (κ1) is 14.0. The largest absolute Gasteiger partial charge is 0.465 e. The third-order valence-corrected chi connectivity index (χ3v) is 3.40. The van der Waals surface area contributed by atoms with Crippen molar-refractivity contribution in [1.29, 1.82) is 0 Å². The van der Waals surface area contributed by atoms with Crippen molar-refractivity contribution in [2.75, 3.05) is 6.54 Å². The van der Waals surface area contributed by atoms with Crippen molar-refractivity contribution in [1.82, 2.24) is 4.90 Å². The molecular formula is C10H18N2O4S. The van der Waals surface area contributed by atoms with Crippen LogP contribution in [0.25, 0.3) is 0 Å². The van der Waals surface area contributed by atoms with Crippen LogP contribution in [0.15, 0.2) is 4.36 Å². The smallest absolute Gasteiger partial charge is 0.407 e. The number of amides is 1. The number of carboxylic acid groups (broad SMARTS) is 1. The predicted octanol–water partition coefficient (Wildman–Crippen LogP) is 1.61. The molecule has 1 saturated heterocycles. The third kappa shape index (κ3) is 3.42. The second-order valence-electron chi connectivity index (χ2n) is 5.32. The molecule has 0 radical (unpaired) electrons. The first-order valence-electron chi connectivity index (χ1n) is 5.53. The van der Waals surface area contributed by atoms with Crippen LogP contribution in [0.4, 0.5) is 4.79 Å². The monoisotopic (exact) mass is 262 g/mol. The summed E-state index contributed by atoms with van der Waals surface area (Å²) >= 11 is 0. The number of hydrogen-bond acceptors (Lipinski definition) is 4. The lowest BCUT2D eigenvalue weighted by Gasteiger charge is -2.44. The van der Waals surface area contributed by atoms with Crippen LogP contribution in [0.3, 0.4) is 0 Å². The second kappa shape index (κ2) is 5.03. The molecular weight excluding hydrogens is 244 g/mol. The van der Waals surface area contributed by atoms with E-state index in [1.54, 1.807) is 0 Å². The molecule has 0 aliphatic carbocycles. The molecule has 2 unspecified atom stereocenters. The maximum absolute atomic E-state index is 11.2. The molecule has 1 heterocycles. The Morgan fingerprint density at radius 3 is 2.41 bits per heavy atom.